The quantitative estimate of drug-likeness (QED) is 0.837. The highest BCUT2D eigenvalue weighted by Crippen LogP contribution is 2.14. The van der Waals surface area contributed by atoms with E-state index in [4.69, 9.17) is 0 Å². The fourth-order valence-corrected chi connectivity index (χ4v) is 2.50. The summed E-state index contributed by atoms with van der Waals surface area (Å²) in [6, 6.07) is 0. The van der Waals surface area contributed by atoms with Crippen LogP contribution in [0.4, 0.5) is 0 Å². The normalized spacial score (nSPS) is 13.1. The molecule has 0 spiro atoms. The van der Waals surface area contributed by atoms with Gasteiger partial charge in [-0.1, -0.05) is 6.92 Å². The van der Waals surface area contributed by atoms with Crippen LogP contribution in [0.25, 0.3) is 0 Å². The molecule has 1 N–H and O–H groups in total. The van der Waals surface area contributed by atoms with E-state index in [0.717, 1.165) is 6.42 Å². The highest BCUT2D eigenvalue weighted by atomic mass is 32.2. The van der Waals surface area contributed by atoms with Crippen molar-refractivity contribution in [1.82, 2.24) is 14.5 Å². The minimum Gasteiger partial charge on any atom is -0.274 e. The topological polar surface area (TPSA) is 64.0 Å². The summed E-state index contributed by atoms with van der Waals surface area (Å²) in [5, 5.41) is 3.84. The van der Waals surface area contributed by atoms with Crippen LogP contribution in [-0.4, -0.2) is 23.7 Å². The number of aryl methyl sites for hydroxylation is 1. The third-order valence-electron chi connectivity index (χ3n) is 2.29. The second-order valence-corrected chi connectivity index (χ2v) is 5.88. The largest absolute Gasteiger partial charge is 0.274 e. The Labute approximate surface area is 90.5 Å². The molecular formula is C9H17N3O2S. The average molecular weight is 231 g/mol. The van der Waals surface area contributed by atoms with Crippen molar-refractivity contribution in [1.29, 1.82) is 0 Å². The Hall–Kier alpha value is -0.880. The highest BCUT2D eigenvalue weighted by Gasteiger charge is 2.25. The molecule has 15 heavy (non-hydrogen) atoms. The van der Waals surface area contributed by atoms with Crippen LogP contribution in [0.5, 0.6) is 0 Å². The van der Waals surface area contributed by atoms with Gasteiger partial charge in [-0.2, -0.15) is 5.10 Å². The molecule has 0 atom stereocenters. The minimum atomic E-state index is -3.44. The Morgan fingerprint density at radius 1 is 1.53 bits per heavy atom. The van der Waals surface area contributed by atoms with Crippen LogP contribution in [0.2, 0.25) is 0 Å². The van der Waals surface area contributed by atoms with Gasteiger partial charge in [-0.25, -0.2) is 13.1 Å². The maximum Gasteiger partial charge on any atom is 0.244 e. The second kappa shape index (κ2) is 3.94. The first kappa shape index (κ1) is 12.2. The summed E-state index contributed by atoms with van der Waals surface area (Å²) >= 11 is 0. The standard InChI is InChI=1S/C9H17N3O2S/c1-5-9(2,3)11-15(13,14)8-6-10-12(4)7-8/h6-7,11H,5H2,1-4H3. The Kier molecular flexibility index (Phi) is 3.20. The van der Waals surface area contributed by atoms with Crippen LogP contribution >= 0.6 is 0 Å². The number of aromatic nitrogens is 2. The first-order valence-corrected chi connectivity index (χ1v) is 6.28. The maximum absolute atomic E-state index is 11.9. The number of rotatable bonds is 4. The van der Waals surface area contributed by atoms with Gasteiger partial charge in [0, 0.05) is 18.8 Å². The van der Waals surface area contributed by atoms with Crippen molar-refractivity contribution in [2.45, 2.75) is 37.6 Å². The second-order valence-electron chi connectivity index (χ2n) is 4.19. The van der Waals surface area contributed by atoms with Gasteiger partial charge in [-0.3, -0.25) is 4.68 Å². The fraction of sp³-hybridized carbons (Fsp3) is 0.667. The molecule has 0 saturated carbocycles. The molecular weight excluding hydrogens is 214 g/mol. The Balaban J connectivity index is 2.95. The van der Waals surface area contributed by atoms with Crippen molar-refractivity contribution < 1.29 is 8.42 Å². The molecule has 0 aliphatic carbocycles. The Morgan fingerprint density at radius 2 is 2.13 bits per heavy atom. The number of nitrogens with zero attached hydrogens (tertiary/aromatic N) is 2. The molecule has 1 heterocycles. The number of sulfonamides is 1. The third-order valence-corrected chi connectivity index (χ3v) is 3.94. The molecule has 0 amide bonds. The van der Waals surface area contributed by atoms with Crippen LogP contribution in [0, 0.1) is 0 Å². The van der Waals surface area contributed by atoms with E-state index in [1.807, 2.05) is 20.8 Å². The zero-order valence-corrected chi connectivity index (χ0v) is 10.3. The molecule has 0 aliphatic heterocycles. The highest BCUT2D eigenvalue weighted by molar-refractivity contribution is 7.89. The summed E-state index contributed by atoms with van der Waals surface area (Å²) in [4.78, 5) is 0.200. The molecule has 0 fully saturated rings. The Bertz CT molecular complexity index is 434. The predicted octanol–water partition coefficient (Wildman–Crippen LogP) is 0.887. The monoisotopic (exact) mass is 231 g/mol. The third kappa shape index (κ3) is 3.04. The van der Waals surface area contributed by atoms with E-state index in [0.29, 0.717) is 0 Å². The van der Waals surface area contributed by atoms with Gasteiger partial charge in [-0.15, -0.1) is 0 Å². The van der Waals surface area contributed by atoms with E-state index >= 15 is 0 Å². The van der Waals surface area contributed by atoms with Crippen LogP contribution in [0.3, 0.4) is 0 Å². The predicted molar refractivity (Wildman–Crippen MR) is 57.9 cm³/mol. The number of hydrogen-bond donors (Lipinski definition) is 1. The van der Waals surface area contributed by atoms with Gasteiger partial charge in [0.05, 0.1) is 6.20 Å². The van der Waals surface area contributed by atoms with Crippen LogP contribution in [0.15, 0.2) is 17.3 Å². The molecule has 86 valence electrons. The summed E-state index contributed by atoms with van der Waals surface area (Å²) in [7, 11) is -1.76. The number of nitrogens with one attached hydrogen (secondary N) is 1. The lowest BCUT2D eigenvalue weighted by molar-refractivity contribution is 0.439. The zero-order chi connectivity index (χ0) is 11.7. The molecule has 0 unspecified atom stereocenters. The van der Waals surface area contributed by atoms with Gasteiger partial charge < -0.3 is 0 Å². The maximum atomic E-state index is 11.9. The van der Waals surface area contributed by atoms with E-state index < -0.39 is 15.6 Å². The summed E-state index contributed by atoms with van der Waals surface area (Å²) in [6.45, 7) is 5.63. The summed E-state index contributed by atoms with van der Waals surface area (Å²) in [5.74, 6) is 0. The van der Waals surface area contributed by atoms with Crippen molar-refractivity contribution in [3.8, 4) is 0 Å². The first-order chi connectivity index (χ1) is 6.77. The molecule has 0 aromatic carbocycles. The smallest absolute Gasteiger partial charge is 0.244 e. The molecule has 0 aliphatic rings. The molecule has 6 heteroatoms. The van der Waals surface area contributed by atoms with Crippen molar-refractivity contribution in [3.63, 3.8) is 0 Å². The SMILES string of the molecule is CCC(C)(C)NS(=O)(=O)c1cnn(C)c1. The van der Waals surface area contributed by atoms with Crippen molar-refractivity contribution in [2.24, 2.45) is 7.05 Å². The molecule has 0 radical (unpaired) electrons. The van der Waals surface area contributed by atoms with Crippen molar-refractivity contribution in [2.75, 3.05) is 0 Å². The average Bonchev–Trinajstić information content (AvgIpc) is 2.51. The molecule has 5 nitrogen and oxygen atoms in total. The lowest BCUT2D eigenvalue weighted by Gasteiger charge is -2.23. The molecule has 1 rings (SSSR count). The van der Waals surface area contributed by atoms with Crippen LogP contribution in [0.1, 0.15) is 27.2 Å². The lowest BCUT2D eigenvalue weighted by Crippen LogP contribution is -2.42. The van der Waals surface area contributed by atoms with Gasteiger partial charge in [0.1, 0.15) is 4.90 Å². The van der Waals surface area contributed by atoms with Gasteiger partial charge in [0.2, 0.25) is 10.0 Å². The van der Waals surface area contributed by atoms with E-state index in [9.17, 15) is 8.42 Å². The first-order valence-electron chi connectivity index (χ1n) is 4.79. The van der Waals surface area contributed by atoms with E-state index in [1.54, 1.807) is 7.05 Å². The summed E-state index contributed by atoms with van der Waals surface area (Å²) in [5.41, 5.74) is -0.436. The molecule has 0 saturated heterocycles. The Morgan fingerprint density at radius 3 is 2.53 bits per heavy atom. The van der Waals surface area contributed by atoms with E-state index in [-0.39, 0.29) is 4.90 Å². The summed E-state index contributed by atoms with van der Waals surface area (Å²) in [6.07, 6.45) is 3.55. The molecule has 0 bridgehead atoms. The van der Waals surface area contributed by atoms with Crippen LogP contribution < -0.4 is 4.72 Å². The van der Waals surface area contributed by atoms with Gasteiger partial charge in [0.25, 0.3) is 0 Å². The van der Waals surface area contributed by atoms with Crippen molar-refractivity contribution in [3.05, 3.63) is 12.4 Å². The zero-order valence-electron chi connectivity index (χ0n) is 9.48. The molecule has 1 aromatic rings. The van der Waals surface area contributed by atoms with Gasteiger partial charge in [0.15, 0.2) is 0 Å². The van der Waals surface area contributed by atoms with Gasteiger partial charge >= 0.3 is 0 Å². The summed E-state index contributed by atoms with van der Waals surface area (Å²) < 4.78 is 27.8. The van der Waals surface area contributed by atoms with E-state index in [1.165, 1.54) is 17.1 Å². The van der Waals surface area contributed by atoms with Gasteiger partial charge in [-0.05, 0) is 20.3 Å². The minimum absolute atomic E-state index is 0.200. The van der Waals surface area contributed by atoms with Crippen LogP contribution in [-0.2, 0) is 17.1 Å². The number of hydrogen-bond acceptors (Lipinski definition) is 3. The van der Waals surface area contributed by atoms with Crippen molar-refractivity contribution >= 4 is 10.0 Å². The fourth-order valence-electron chi connectivity index (χ4n) is 1.03. The molecule has 1 aromatic heterocycles. The van der Waals surface area contributed by atoms with E-state index in [2.05, 4.69) is 9.82 Å². The lowest BCUT2D eigenvalue weighted by atomic mass is 10.0.